The van der Waals surface area contributed by atoms with Crippen LogP contribution in [-0.4, -0.2) is 21.9 Å². The highest BCUT2D eigenvalue weighted by molar-refractivity contribution is 7.84. The van der Waals surface area contributed by atoms with Crippen molar-refractivity contribution in [2.75, 3.05) is 0 Å². The van der Waals surface area contributed by atoms with Gasteiger partial charge in [-0.25, -0.2) is 3.97 Å². The summed E-state index contributed by atoms with van der Waals surface area (Å²) in [4.78, 5) is 29.5. The zero-order valence-electron chi connectivity index (χ0n) is 16.1. The third-order valence-corrected chi connectivity index (χ3v) is 6.53. The number of H-pyrrole nitrogens is 1. The average molecular weight is 420 g/mol. The SMILES string of the molecule is Cc1ccc2c(c1C)c(=O)c1cc3[nH]c4ccccc4c(=O)c3cc1n2S(=O)(=O)O. The Morgan fingerprint density at radius 1 is 0.833 bits per heavy atom. The molecular formula is C22H16N2O5S. The molecule has 2 N–H and O–H groups in total. The number of aromatic nitrogens is 2. The Hall–Kier alpha value is -3.49. The van der Waals surface area contributed by atoms with Crippen molar-refractivity contribution in [1.29, 1.82) is 0 Å². The maximum Gasteiger partial charge on any atom is 0.364 e. The summed E-state index contributed by atoms with van der Waals surface area (Å²) in [6.07, 6.45) is 0. The quantitative estimate of drug-likeness (QED) is 0.319. The molecule has 0 spiro atoms. The third-order valence-electron chi connectivity index (χ3n) is 5.68. The molecule has 0 amide bonds. The van der Waals surface area contributed by atoms with Crippen molar-refractivity contribution < 1.29 is 13.0 Å². The molecule has 0 fully saturated rings. The van der Waals surface area contributed by atoms with Crippen molar-refractivity contribution in [2.45, 2.75) is 13.8 Å². The lowest BCUT2D eigenvalue weighted by atomic mass is 10.0. The Morgan fingerprint density at radius 3 is 2.30 bits per heavy atom. The summed E-state index contributed by atoms with van der Waals surface area (Å²) >= 11 is 0. The molecule has 5 aromatic rings. The fourth-order valence-corrected chi connectivity index (χ4v) is 4.88. The van der Waals surface area contributed by atoms with Crippen LogP contribution in [0.15, 0.2) is 58.1 Å². The fourth-order valence-electron chi connectivity index (χ4n) is 4.08. The van der Waals surface area contributed by atoms with Crippen molar-refractivity contribution in [2.24, 2.45) is 0 Å². The van der Waals surface area contributed by atoms with Gasteiger partial charge in [0.25, 0.3) is 0 Å². The zero-order valence-corrected chi connectivity index (χ0v) is 16.9. The molecule has 3 aromatic carbocycles. The second-order valence-electron chi connectivity index (χ2n) is 7.39. The molecule has 0 aliphatic carbocycles. The summed E-state index contributed by atoms with van der Waals surface area (Å²) in [7, 11) is -4.76. The summed E-state index contributed by atoms with van der Waals surface area (Å²) < 4.78 is 35.4. The number of fused-ring (bicyclic) bond motifs is 4. The third kappa shape index (κ3) is 2.44. The Labute approximate surface area is 170 Å². The monoisotopic (exact) mass is 420 g/mol. The Bertz CT molecular complexity index is 1780. The van der Waals surface area contributed by atoms with E-state index in [0.29, 0.717) is 22.0 Å². The highest BCUT2D eigenvalue weighted by Gasteiger charge is 2.21. The minimum atomic E-state index is -4.76. The minimum Gasteiger partial charge on any atom is -0.354 e. The van der Waals surface area contributed by atoms with E-state index in [1.807, 2.05) is 6.92 Å². The molecular weight excluding hydrogens is 404 g/mol. The molecule has 5 rings (SSSR count). The van der Waals surface area contributed by atoms with Crippen LogP contribution in [0.3, 0.4) is 0 Å². The Balaban J connectivity index is 2.15. The number of hydrogen-bond donors (Lipinski definition) is 2. The van der Waals surface area contributed by atoms with Gasteiger partial charge in [-0.15, -0.1) is 0 Å². The van der Waals surface area contributed by atoms with E-state index < -0.39 is 10.3 Å². The van der Waals surface area contributed by atoms with E-state index in [1.54, 1.807) is 37.3 Å². The number of rotatable bonds is 1. The van der Waals surface area contributed by atoms with Gasteiger partial charge >= 0.3 is 10.3 Å². The van der Waals surface area contributed by atoms with Crippen LogP contribution in [0.25, 0.3) is 43.6 Å². The standard InChI is InChI=1S/C22H16N2O5S/c1-11-7-8-18-20(12(11)2)22(26)15-9-17-14(10-19(15)24(18)30(27,28)29)21(25)13-5-3-4-6-16(13)23-17/h3-10H,1-2H3,(H,23,25)(H,27,28,29). The normalized spacial score (nSPS) is 12.4. The number of benzene rings is 3. The fraction of sp³-hybridized carbons (Fsp3) is 0.0909. The zero-order chi connectivity index (χ0) is 21.4. The van der Waals surface area contributed by atoms with E-state index in [4.69, 9.17) is 0 Å². The first-order valence-electron chi connectivity index (χ1n) is 9.20. The van der Waals surface area contributed by atoms with Crippen LogP contribution in [0.4, 0.5) is 0 Å². The summed E-state index contributed by atoms with van der Waals surface area (Å²) in [6, 6.07) is 12.9. The summed E-state index contributed by atoms with van der Waals surface area (Å²) in [5, 5.41) is 0.966. The summed E-state index contributed by atoms with van der Waals surface area (Å²) in [5.41, 5.74) is 1.83. The lowest BCUT2D eigenvalue weighted by molar-refractivity contribution is 0.476. The summed E-state index contributed by atoms with van der Waals surface area (Å²) in [5.74, 6) is 0. The largest absolute Gasteiger partial charge is 0.364 e. The average Bonchev–Trinajstić information content (AvgIpc) is 2.69. The molecule has 0 saturated carbocycles. The van der Waals surface area contributed by atoms with Gasteiger partial charge in [0.15, 0.2) is 10.9 Å². The first kappa shape index (κ1) is 18.5. The van der Waals surface area contributed by atoms with Crippen LogP contribution in [-0.2, 0) is 10.3 Å². The molecule has 0 saturated heterocycles. The predicted molar refractivity (Wildman–Crippen MR) is 118 cm³/mol. The van der Waals surface area contributed by atoms with Gasteiger partial charge in [-0.1, -0.05) is 18.2 Å². The highest BCUT2D eigenvalue weighted by atomic mass is 32.2. The van der Waals surface area contributed by atoms with Gasteiger partial charge in [0.05, 0.1) is 21.9 Å². The summed E-state index contributed by atoms with van der Waals surface area (Å²) in [6.45, 7) is 3.55. The first-order chi connectivity index (χ1) is 14.2. The maximum absolute atomic E-state index is 13.4. The van der Waals surface area contributed by atoms with Crippen molar-refractivity contribution in [3.8, 4) is 0 Å². The van der Waals surface area contributed by atoms with E-state index in [1.165, 1.54) is 18.2 Å². The van der Waals surface area contributed by atoms with Crippen LogP contribution in [0.5, 0.6) is 0 Å². The number of pyridine rings is 2. The second kappa shape index (κ2) is 6.01. The number of aromatic amines is 1. The maximum atomic E-state index is 13.4. The minimum absolute atomic E-state index is 0.0495. The Kier molecular flexibility index (Phi) is 3.71. The molecule has 2 heterocycles. The number of aryl methyl sites for hydroxylation is 2. The molecule has 7 nitrogen and oxygen atoms in total. The molecule has 30 heavy (non-hydrogen) atoms. The second-order valence-corrected chi connectivity index (χ2v) is 8.65. The van der Waals surface area contributed by atoms with Gasteiger partial charge in [0.1, 0.15) is 0 Å². The predicted octanol–water partition coefficient (Wildman–Crippen LogP) is 3.42. The van der Waals surface area contributed by atoms with Crippen LogP contribution < -0.4 is 10.9 Å². The van der Waals surface area contributed by atoms with Crippen LogP contribution in [0, 0.1) is 13.8 Å². The molecule has 0 radical (unpaired) electrons. The van der Waals surface area contributed by atoms with Crippen molar-refractivity contribution in [1.82, 2.24) is 8.96 Å². The van der Waals surface area contributed by atoms with Gasteiger partial charge in [-0.3, -0.25) is 14.1 Å². The molecule has 0 aliphatic rings. The lowest BCUT2D eigenvalue weighted by Gasteiger charge is -2.15. The van der Waals surface area contributed by atoms with Gasteiger partial charge < -0.3 is 4.98 Å². The number of hydrogen-bond acceptors (Lipinski definition) is 4. The molecule has 8 heteroatoms. The number of para-hydroxylation sites is 1. The van der Waals surface area contributed by atoms with Crippen molar-refractivity contribution in [3.63, 3.8) is 0 Å². The molecule has 150 valence electrons. The van der Waals surface area contributed by atoms with Gasteiger partial charge in [-0.05, 0) is 55.3 Å². The van der Waals surface area contributed by atoms with Crippen molar-refractivity contribution >= 4 is 53.9 Å². The molecule has 0 aliphatic heterocycles. The highest BCUT2D eigenvalue weighted by Crippen LogP contribution is 2.27. The number of nitrogens with one attached hydrogen (secondary N) is 1. The Morgan fingerprint density at radius 2 is 1.57 bits per heavy atom. The molecule has 2 aromatic heterocycles. The van der Waals surface area contributed by atoms with Gasteiger partial charge in [-0.2, -0.15) is 8.42 Å². The lowest BCUT2D eigenvalue weighted by Crippen LogP contribution is -2.19. The molecule has 0 unspecified atom stereocenters. The van der Waals surface area contributed by atoms with E-state index in [0.717, 1.165) is 9.54 Å². The van der Waals surface area contributed by atoms with Crippen molar-refractivity contribution in [3.05, 3.63) is 80.1 Å². The van der Waals surface area contributed by atoms with E-state index in [9.17, 15) is 22.6 Å². The van der Waals surface area contributed by atoms with Crippen LogP contribution in [0.1, 0.15) is 11.1 Å². The van der Waals surface area contributed by atoms with E-state index >= 15 is 0 Å². The molecule has 0 atom stereocenters. The first-order valence-corrected chi connectivity index (χ1v) is 10.6. The smallest absolute Gasteiger partial charge is 0.354 e. The van der Waals surface area contributed by atoms with Gasteiger partial charge in [0, 0.05) is 21.7 Å². The molecule has 0 bridgehead atoms. The topological polar surface area (TPSA) is 109 Å². The number of nitrogens with zero attached hydrogens (tertiary/aromatic N) is 1. The van der Waals surface area contributed by atoms with E-state index in [2.05, 4.69) is 4.98 Å². The van der Waals surface area contributed by atoms with E-state index in [-0.39, 0.29) is 38.0 Å². The van der Waals surface area contributed by atoms with Crippen LogP contribution >= 0.6 is 0 Å². The van der Waals surface area contributed by atoms with Crippen LogP contribution in [0.2, 0.25) is 0 Å². The van der Waals surface area contributed by atoms with Gasteiger partial charge in [0.2, 0.25) is 0 Å².